The molecule has 28 heavy (non-hydrogen) atoms. The third-order valence-corrected chi connectivity index (χ3v) is 4.95. The van der Waals surface area contributed by atoms with Crippen LogP contribution in [0.4, 0.5) is 15.8 Å². The first-order valence-corrected chi connectivity index (χ1v) is 10.5. The van der Waals surface area contributed by atoms with E-state index in [0.29, 0.717) is 18.0 Å². The number of ether oxygens (including phenoxy) is 1. The lowest BCUT2D eigenvalue weighted by atomic mass is 10.2. The van der Waals surface area contributed by atoms with Gasteiger partial charge in [-0.3, -0.25) is 9.10 Å². The number of rotatable bonds is 10. The maximum absolute atomic E-state index is 14.0. The summed E-state index contributed by atoms with van der Waals surface area (Å²) in [5, 5.41) is 2.74. The van der Waals surface area contributed by atoms with Gasteiger partial charge in [-0.25, -0.2) is 12.8 Å². The average Bonchev–Trinajstić information content (AvgIpc) is 2.64. The van der Waals surface area contributed by atoms with E-state index in [-0.39, 0.29) is 31.0 Å². The lowest BCUT2D eigenvalue weighted by molar-refractivity contribution is -0.116. The molecule has 2 aromatic carbocycles. The van der Waals surface area contributed by atoms with Crippen molar-refractivity contribution in [1.82, 2.24) is 0 Å². The van der Waals surface area contributed by atoms with Crippen LogP contribution in [0.25, 0.3) is 0 Å². The van der Waals surface area contributed by atoms with Gasteiger partial charge in [-0.2, -0.15) is 0 Å². The second-order valence-corrected chi connectivity index (χ2v) is 7.97. The summed E-state index contributed by atoms with van der Waals surface area (Å²) < 4.78 is 44.4. The van der Waals surface area contributed by atoms with Gasteiger partial charge in [0.15, 0.2) is 0 Å². The lowest BCUT2D eigenvalue weighted by Gasteiger charge is -2.22. The number of hydrogen-bond acceptors (Lipinski definition) is 4. The molecular weight excluding hydrogens is 383 g/mol. The molecule has 0 fully saturated rings. The SMILES string of the molecule is C=CCOc1cccc(NC(=O)CCCN(c2ccccc2F)S(C)(=O)=O)c1. The van der Waals surface area contributed by atoms with Crippen LogP contribution in [0.5, 0.6) is 5.75 Å². The molecule has 0 radical (unpaired) electrons. The highest BCUT2D eigenvalue weighted by atomic mass is 32.2. The summed E-state index contributed by atoms with van der Waals surface area (Å²) in [5.74, 6) is -0.308. The van der Waals surface area contributed by atoms with Crippen LogP contribution in [0.3, 0.4) is 0 Å². The second-order valence-electron chi connectivity index (χ2n) is 6.07. The van der Waals surface area contributed by atoms with Crippen LogP contribution in [0.15, 0.2) is 61.2 Å². The maximum atomic E-state index is 14.0. The van der Waals surface area contributed by atoms with Gasteiger partial charge in [-0.1, -0.05) is 30.9 Å². The van der Waals surface area contributed by atoms with Gasteiger partial charge in [-0.05, 0) is 30.7 Å². The Morgan fingerprint density at radius 1 is 1.25 bits per heavy atom. The Kier molecular flexibility index (Phi) is 7.57. The standard InChI is InChI=1S/C20H23FN2O4S/c1-3-14-27-17-9-6-8-16(15-17)22-20(24)12-7-13-23(28(2,25)26)19-11-5-4-10-18(19)21/h3-6,8-11,15H,1,7,12-14H2,2H3,(H,22,24). The zero-order chi connectivity index (χ0) is 20.6. The van der Waals surface area contributed by atoms with Crippen LogP contribution in [0.1, 0.15) is 12.8 Å². The first kappa shape index (κ1) is 21.4. The summed E-state index contributed by atoms with van der Waals surface area (Å²) in [4.78, 5) is 12.2. The fourth-order valence-electron chi connectivity index (χ4n) is 2.54. The van der Waals surface area contributed by atoms with Crippen molar-refractivity contribution in [3.05, 3.63) is 67.0 Å². The van der Waals surface area contributed by atoms with Gasteiger partial charge in [0.25, 0.3) is 0 Å². The van der Waals surface area contributed by atoms with Crippen molar-refractivity contribution in [3.8, 4) is 5.75 Å². The number of benzene rings is 2. The molecule has 0 spiro atoms. The molecule has 6 nitrogen and oxygen atoms in total. The predicted molar refractivity (Wildman–Crippen MR) is 109 cm³/mol. The fraction of sp³-hybridized carbons (Fsp3) is 0.250. The van der Waals surface area contributed by atoms with Crippen LogP contribution in [0, 0.1) is 5.82 Å². The largest absolute Gasteiger partial charge is 0.489 e. The topological polar surface area (TPSA) is 75.7 Å². The zero-order valence-electron chi connectivity index (χ0n) is 15.6. The van der Waals surface area contributed by atoms with Crippen molar-refractivity contribution in [2.45, 2.75) is 12.8 Å². The zero-order valence-corrected chi connectivity index (χ0v) is 16.4. The minimum atomic E-state index is -3.67. The van der Waals surface area contributed by atoms with Crippen LogP contribution >= 0.6 is 0 Å². The van der Waals surface area contributed by atoms with Crippen molar-refractivity contribution in [2.75, 3.05) is 29.0 Å². The Balaban J connectivity index is 1.94. The van der Waals surface area contributed by atoms with Crippen molar-refractivity contribution in [1.29, 1.82) is 0 Å². The minimum absolute atomic E-state index is 0.00429. The second kappa shape index (κ2) is 9.89. The van der Waals surface area contributed by atoms with Gasteiger partial charge in [0.05, 0.1) is 11.9 Å². The number of carbonyl (C=O) groups is 1. The van der Waals surface area contributed by atoms with Gasteiger partial charge in [0.2, 0.25) is 15.9 Å². The van der Waals surface area contributed by atoms with Crippen molar-refractivity contribution in [2.24, 2.45) is 0 Å². The maximum Gasteiger partial charge on any atom is 0.232 e. The summed E-state index contributed by atoms with van der Waals surface area (Å²) in [6.45, 7) is 3.93. The van der Waals surface area contributed by atoms with Crippen LogP contribution in [0.2, 0.25) is 0 Å². The summed E-state index contributed by atoms with van der Waals surface area (Å²) in [6.07, 6.45) is 2.95. The van der Waals surface area contributed by atoms with Crippen LogP contribution < -0.4 is 14.4 Å². The smallest absolute Gasteiger partial charge is 0.232 e. The van der Waals surface area contributed by atoms with Gasteiger partial charge >= 0.3 is 0 Å². The van der Waals surface area contributed by atoms with Gasteiger partial charge in [-0.15, -0.1) is 0 Å². The van der Waals surface area contributed by atoms with E-state index in [1.807, 2.05) is 0 Å². The third-order valence-electron chi connectivity index (χ3n) is 3.77. The molecule has 0 saturated carbocycles. The molecule has 1 N–H and O–H groups in total. The van der Waals surface area contributed by atoms with Crippen molar-refractivity contribution >= 4 is 27.3 Å². The van der Waals surface area contributed by atoms with Crippen LogP contribution in [-0.4, -0.2) is 33.7 Å². The highest BCUT2D eigenvalue weighted by molar-refractivity contribution is 7.92. The molecule has 8 heteroatoms. The van der Waals surface area contributed by atoms with E-state index in [1.54, 1.807) is 36.4 Å². The first-order chi connectivity index (χ1) is 13.3. The Bertz CT molecular complexity index is 931. The summed E-state index contributed by atoms with van der Waals surface area (Å²) in [5.41, 5.74) is 0.540. The van der Waals surface area contributed by atoms with E-state index >= 15 is 0 Å². The van der Waals surface area contributed by atoms with Crippen molar-refractivity contribution in [3.63, 3.8) is 0 Å². The Labute approximate surface area is 164 Å². The number of sulfonamides is 1. The fourth-order valence-corrected chi connectivity index (χ4v) is 3.51. The molecule has 0 aliphatic carbocycles. The van der Waals surface area contributed by atoms with Crippen LogP contribution in [-0.2, 0) is 14.8 Å². The molecule has 0 aliphatic heterocycles. The third kappa shape index (κ3) is 6.38. The van der Waals surface area contributed by atoms with E-state index in [0.717, 1.165) is 10.6 Å². The molecule has 0 unspecified atom stereocenters. The van der Waals surface area contributed by atoms with Gasteiger partial charge in [0, 0.05) is 24.7 Å². The number of nitrogens with zero attached hydrogens (tertiary/aromatic N) is 1. The molecular formula is C20H23FN2O4S. The molecule has 0 aromatic heterocycles. The molecule has 150 valence electrons. The molecule has 2 rings (SSSR count). The number of carbonyl (C=O) groups excluding carboxylic acids is 1. The highest BCUT2D eigenvalue weighted by Gasteiger charge is 2.20. The summed E-state index contributed by atoms with van der Waals surface area (Å²) >= 11 is 0. The van der Waals surface area contributed by atoms with Gasteiger partial charge in [0.1, 0.15) is 18.2 Å². The molecule has 2 aromatic rings. The monoisotopic (exact) mass is 406 g/mol. The highest BCUT2D eigenvalue weighted by Crippen LogP contribution is 2.22. The number of nitrogens with one attached hydrogen (secondary N) is 1. The van der Waals surface area contributed by atoms with E-state index in [2.05, 4.69) is 11.9 Å². The number of hydrogen-bond donors (Lipinski definition) is 1. The number of para-hydroxylation sites is 1. The van der Waals surface area contributed by atoms with E-state index in [9.17, 15) is 17.6 Å². The average molecular weight is 406 g/mol. The summed E-state index contributed by atoms with van der Waals surface area (Å²) in [6, 6.07) is 12.6. The lowest BCUT2D eigenvalue weighted by Crippen LogP contribution is -2.32. The van der Waals surface area contributed by atoms with Crippen molar-refractivity contribution < 1.29 is 22.3 Å². The molecule has 0 bridgehead atoms. The van der Waals surface area contributed by atoms with Gasteiger partial charge < -0.3 is 10.1 Å². The first-order valence-electron chi connectivity index (χ1n) is 8.67. The molecule has 0 aliphatic rings. The Morgan fingerprint density at radius 3 is 2.68 bits per heavy atom. The number of halogens is 1. The van der Waals surface area contributed by atoms with E-state index in [4.69, 9.17) is 4.74 Å². The minimum Gasteiger partial charge on any atom is -0.489 e. The molecule has 0 saturated heterocycles. The molecule has 0 atom stereocenters. The quantitative estimate of drug-likeness (QED) is 0.612. The van der Waals surface area contributed by atoms with E-state index < -0.39 is 15.8 Å². The number of anilines is 2. The molecule has 1 amide bonds. The summed E-state index contributed by atoms with van der Waals surface area (Å²) in [7, 11) is -3.67. The normalized spacial score (nSPS) is 10.9. The molecule has 0 heterocycles. The Hall–Kier alpha value is -2.87. The number of amides is 1. The Morgan fingerprint density at radius 2 is 2.00 bits per heavy atom. The predicted octanol–water partition coefficient (Wildman–Crippen LogP) is 3.58. The van der Waals surface area contributed by atoms with E-state index in [1.165, 1.54) is 18.2 Å².